The highest BCUT2D eigenvalue weighted by molar-refractivity contribution is 6.07. The fraction of sp³-hybridized carbons (Fsp3) is 0.158. The van der Waals surface area contributed by atoms with E-state index in [2.05, 4.69) is 10.6 Å². The maximum Gasteiger partial charge on any atom is 0.273 e. The van der Waals surface area contributed by atoms with E-state index in [1.165, 1.54) is 31.5 Å². The van der Waals surface area contributed by atoms with Crippen molar-refractivity contribution in [2.45, 2.75) is 6.92 Å². The SMILES string of the molecule is CCOc1ccc(N/C=C(/C#N)C(=O)Nc2ccc([N+](=O)[O-])cc2OC)cc1. The molecule has 2 aromatic rings. The van der Waals surface area contributed by atoms with Gasteiger partial charge < -0.3 is 20.1 Å². The van der Waals surface area contributed by atoms with E-state index in [0.29, 0.717) is 18.0 Å². The first-order valence-electron chi connectivity index (χ1n) is 8.22. The van der Waals surface area contributed by atoms with Crippen LogP contribution in [0.4, 0.5) is 17.1 Å². The van der Waals surface area contributed by atoms with E-state index in [9.17, 15) is 20.2 Å². The van der Waals surface area contributed by atoms with Gasteiger partial charge >= 0.3 is 0 Å². The molecule has 0 aliphatic heterocycles. The number of nitriles is 1. The van der Waals surface area contributed by atoms with E-state index in [4.69, 9.17) is 9.47 Å². The summed E-state index contributed by atoms with van der Waals surface area (Å²) in [6.07, 6.45) is 1.27. The molecule has 0 atom stereocenters. The third kappa shape index (κ3) is 5.22. The number of carbonyl (C=O) groups is 1. The first-order valence-corrected chi connectivity index (χ1v) is 8.22. The maximum atomic E-state index is 12.3. The Labute approximate surface area is 161 Å². The highest BCUT2D eigenvalue weighted by Crippen LogP contribution is 2.29. The number of benzene rings is 2. The fourth-order valence-electron chi connectivity index (χ4n) is 2.20. The number of nitrogens with one attached hydrogen (secondary N) is 2. The Morgan fingerprint density at radius 2 is 2.00 bits per heavy atom. The molecule has 0 aliphatic carbocycles. The Hall–Kier alpha value is -4.06. The van der Waals surface area contributed by atoms with E-state index in [0.717, 1.165) is 0 Å². The number of amides is 1. The zero-order valence-electron chi connectivity index (χ0n) is 15.3. The van der Waals surface area contributed by atoms with Crippen LogP contribution < -0.4 is 20.1 Å². The highest BCUT2D eigenvalue weighted by Gasteiger charge is 2.15. The summed E-state index contributed by atoms with van der Waals surface area (Å²) in [5.74, 6) is 0.132. The van der Waals surface area contributed by atoms with Crippen LogP contribution in [0.1, 0.15) is 6.92 Å². The van der Waals surface area contributed by atoms with Gasteiger partial charge in [-0.1, -0.05) is 0 Å². The lowest BCUT2D eigenvalue weighted by molar-refractivity contribution is -0.384. The Kier molecular flexibility index (Phi) is 6.93. The van der Waals surface area contributed by atoms with Crippen molar-refractivity contribution >= 4 is 23.0 Å². The molecular weight excluding hydrogens is 364 g/mol. The van der Waals surface area contributed by atoms with Gasteiger partial charge in [-0.2, -0.15) is 5.26 Å². The van der Waals surface area contributed by atoms with E-state index >= 15 is 0 Å². The van der Waals surface area contributed by atoms with Gasteiger partial charge in [0.2, 0.25) is 0 Å². The minimum absolute atomic E-state index is 0.110. The minimum atomic E-state index is -0.687. The van der Waals surface area contributed by atoms with Gasteiger partial charge in [0.05, 0.1) is 30.4 Å². The van der Waals surface area contributed by atoms with Crippen molar-refractivity contribution in [3.8, 4) is 17.6 Å². The molecule has 0 heterocycles. The Morgan fingerprint density at radius 3 is 2.57 bits per heavy atom. The lowest BCUT2D eigenvalue weighted by Crippen LogP contribution is -2.15. The van der Waals surface area contributed by atoms with Crippen molar-refractivity contribution in [3.05, 3.63) is 64.4 Å². The second-order valence-electron chi connectivity index (χ2n) is 5.37. The topological polar surface area (TPSA) is 127 Å². The predicted molar refractivity (Wildman–Crippen MR) is 103 cm³/mol. The average molecular weight is 382 g/mol. The largest absolute Gasteiger partial charge is 0.494 e. The van der Waals surface area contributed by atoms with E-state index in [1.54, 1.807) is 30.3 Å². The number of anilines is 2. The van der Waals surface area contributed by atoms with Crippen LogP contribution in [0.25, 0.3) is 0 Å². The molecule has 144 valence electrons. The summed E-state index contributed by atoms with van der Waals surface area (Å²) < 4.78 is 10.4. The van der Waals surface area contributed by atoms with Crippen LogP contribution in [0.5, 0.6) is 11.5 Å². The molecule has 0 aliphatic rings. The summed E-state index contributed by atoms with van der Waals surface area (Å²) in [4.78, 5) is 22.6. The lowest BCUT2D eigenvalue weighted by Gasteiger charge is -2.10. The van der Waals surface area contributed by atoms with Gasteiger partial charge in [0.25, 0.3) is 11.6 Å². The summed E-state index contributed by atoms with van der Waals surface area (Å²) >= 11 is 0. The second kappa shape index (κ2) is 9.59. The quantitative estimate of drug-likeness (QED) is 0.310. The van der Waals surface area contributed by atoms with E-state index in [-0.39, 0.29) is 22.7 Å². The zero-order valence-corrected chi connectivity index (χ0v) is 15.3. The number of carbonyl (C=O) groups excluding carboxylic acids is 1. The molecule has 1 amide bonds. The van der Waals surface area contributed by atoms with Gasteiger partial charge in [-0.15, -0.1) is 0 Å². The van der Waals surface area contributed by atoms with Gasteiger partial charge in [0.1, 0.15) is 23.1 Å². The van der Waals surface area contributed by atoms with Crippen LogP contribution in [0, 0.1) is 21.4 Å². The summed E-state index contributed by atoms with van der Waals surface area (Å²) in [6.45, 7) is 2.43. The minimum Gasteiger partial charge on any atom is -0.494 e. The summed E-state index contributed by atoms with van der Waals surface area (Å²) in [7, 11) is 1.32. The molecule has 0 spiro atoms. The van der Waals surface area contributed by atoms with Gasteiger partial charge in [0.15, 0.2) is 0 Å². The molecule has 2 N–H and O–H groups in total. The first-order chi connectivity index (χ1) is 13.5. The smallest absolute Gasteiger partial charge is 0.273 e. The summed E-state index contributed by atoms with van der Waals surface area (Å²) in [6, 6.07) is 12.6. The van der Waals surface area contributed by atoms with Crippen molar-refractivity contribution in [2.24, 2.45) is 0 Å². The first kappa shape index (κ1) is 20.3. The van der Waals surface area contributed by atoms with Crippen molar-refractivity contribution in [3.63, 3.8) is 0 Å². The van der Waals surface area contributed by atoms with Gasteiger partial charge in [0, 0.05) is 18.0 Å². The molecule has 0 aromatic heterocycles. The maximum absolute atomic E-state index is 12.3. The molecule has 2 rings (SSSR count). The van der Waals surface area contributed by atoms with Crippen molar-refractivity contribution < 1.29 is 19.2 Å². The number of hydrogen-bond donors (Lipinski definition) is 2. The van der Waals surface area contributed by atoms with Crippen LogP contribution in [-0.2, 0) is 4.79 Å². The molecule has 0 fully saturated rings. The van der Waals surface area contributed by atoms with Crippen molar-refractivity contribution in [2.75, 3.05) is 24.4 Å². The molecule has 0 unspecified atom stereocenters. The number of methoxy groups -OCH3 is 1. The summed E-state index contributed by atoms with van der Waals surface area (Å²) in [5.41, 5.74) is 0.509. The Bertz CT molecular complexity index is 932. The number of rotatable bonds is 8. The van der Waals surface area contributed by atoms with E-state index < -0.39 is 10.8 Å². The predicted octanol–water partition coefficient (Wildman–Crippen LogP) is 3.46. The van der Waals surface area contributed by atoms with Crippen LogP contribution in [0.3, 0.4) is 0 Å². The second-order valence-corrected chi connectivity index (χ2v) is 5.37. The number of nitrogens with zero attached hydrogens (tertiary/aromatic N) is 2. The lowest BCUT2D eigenvalue weighted by atomic mass is 10.2. The number of nitro groups is 1. The van der Waals surface area contributed by atoms with Crippen LogP contribution in [0.15, 0.2) is 54.2 Å². The molecule has 0 saturated carbocycles. The molecule has 9 heteroatoms. The fourth-order valence-corrected chi connectivity index (χ4v) is 2.20. The average Bonchev–Trinajstić information content (AvgIpc) is 2.70. The van der Waals surface area contributed by atoms with Gasteiger partial charge in [-0.3, -0.25) is 14.9 Å². The Morgan fingerprint density at radius 1 is 1.29 bits per heavy atom. The molecule has 9 nitrogen and oxygen atoms in total. The number of hydrogen-bond acceptors (Lipinski definition) is 7. The van der Waals surface area contributed by atoms with Crippen LogP contribution >= 0.6 is 0 Å². The number of nitro benzene ring substituents is 1. The van der Waals surface area contributed by atoms with Crippen LogP contribution in [-0.4, -0.2) is 24.5 Å². The Balaban J connectivity index is 2.12. The normalized spacial score (nSPS) is 10.5. The third-order valence-electron chi connectivity index (χ3n) is 3.56. The molecule has 0 radical (unpaired) electrons. The van der Waals surface area contributed by atoms with Gasteiger partial charge in [-0.05, 0) is 37.3 Å². The van der Waals surface area contributed by atoms with Crippen molar-refractivity contribution in [1.82, 2.24) is 0 Å². The van der Waals surface area contributed by atoms with Crippen molar-refractivity contribution in [1.29, 1.82) is 5.26 Å². The summed E-state index contributed by atoms with van der Waals surface area (Å²) in [5, 5.41) is 25.4. The molecule has 2 aromatic carbocycles. The van der Waals surface area contributed by atoms with E-state index in [1.807, 2.05) is 6.92 Å². The monoisotopic (exact) mass is 382 g/mol. The van der Waals surface area contributed by atoms with Gasteiger partial charge in [-0.25, -0.2) is 0 Å². The molecule has 0 saturated heterocycles. The molecule has 0 bridgehead atoms. The molecular formula is C19H18N4O5. The standard InChI is InChI=1S/C19H18N4O5/c1-3-28-16-7-4-14(5-8-16)21-12-13(11-20)19(24)22-17-9-6-15(23(25)26)10-18(17)27-2/h4-10,12,21H,3H2,1-2H3,(H,22,24)/b13-12-. The van der Waals surface area contributed by atoms with Crippen LogP contribution in [0.2, 0.25) is 0 Å². The highest BCUT2D eigenvalue weighted by atomic mass is 16.6. The molecule has 28 heavy (non-hydrogen) atoms. The number of non-ortho nitro benzene ring substituents is 1. The zero-order chi connectivity index (χ0) is 20.5. The number of ether oxygens (including phenoxy) is 2. The third-order valence-corrected chi connectivity index (χ3v) is 3.56.